The molecule has 0 radical (unpaired) electrons. The molecular formula is C20H21F3N8O. The molecule has 2 aromatic heterocycles. The second-order valence-electron chi connectivity index (χ2n) is 8.20. The number of anilines is 2. The number of halogens is 3. The average molecular weight is 446 g/mol. The molecule has 168 valence electrons. The van der Waals surface area contributed by atoms with Crippen molar-refractivity contribution >= 4 is 23.8 Å². The fraction of sp³-hybridized carbons (Fsp3) is 0.450. The van der Waals surface area contributed by atoms with E-state index in [0.717, 1.165) is 19.0 Å². The Morgan fingerprint density at radius 1 is 1.19 bits per heavy atom. The Hall–Kier alpha value is -3.28. The molecule has 2 aromatic rings. The minimum absolute atomic E-state index is 0.0931. The van der Waals surface area contributed by atoms with Crippen molar-refractivity contribution in [1.82, 2.24) is 24.9 Å². The van der Waals surface area contributed by atoms with Crippen LogP contribution in [-0.2, 0) is 6.18 Å². The van der Waals surface area contributed by atoms with Crippen molar-refractivity contribution in [3.63, 3.8) is 0 Å². The first-order valence-corrected chi connectivity index (χ1v) is 10.3. The molecule has 2 bridgehead atoms. The molecule has 3 atom stereocenters. The van der Waals surface area contributed by atoms with Gasteiger partial charge in [0.25, 0.3) is 5.91 Å². The van der Waals surface area contributed by atoms with Gasteiger partial charge in [-0.05, 0) is 30.9 Å². The Balaban J connectivity index is 1.33. The number of fused-ring (bicyclic) bond motifs is 2. The first-order valence-electron chi connectivity index (χ1n) is 10.3. The van der Waals surface area contributed by atoms with Crippen LogP contribution < -0.4 is 10.4 Å². The molecule has 1 amide bonds. The van der Waals surface area contributed by atoms with Crippen molar-refractivity contribution < 1.29 is 18.0 Å². The van der Waals surface area contributed by atoms with Crippen LogP contribution in [0.5, 0.6) is 0 Å². The van der Waals surface area contributed by atoms with Gasteiger partial charge in [0.1, 0.15) is 5.82 Å². The highest BCUT2D eigenvalue weighted by Gasteiger charge is 2.47. The maximum atomic E-state index is 13.5. The van der Waals surface area contributed by atoms with E-state index in [-0.39, 0.29) is 23.8 Å². The summed E-state index contributed by atoms with van der Waals surface area (Å²) in [6, 6.07) is 3.25. The largest absolute Gasteiger partial charge is 0.434 e. The fourth-order valence-electron chi connectivity index (χ4n) is 4.64. The van der Waals surface area contributed by atoms with Crippen LogP contribution >= 0.6 is 0 Å². The van der Waals surface area contributed by atoms with Crippen LogP contribution in [0.2, 0.25) is 0 Å². The number of aromatic nitrogens is 3. The number of nitrogens with zero attached hydrogens (tertiary/aromatic N) is 7. The number of hydrogen-bond donors (Lipinski definition) is 1. The highest BCUT2D eigenvalue weighted by atomic mass is 19.4. The predicted molar refractivity (Wildman–Crippen MR) is 110 cm³/mol. The minimum Gasteiger partial charge on any atom is -0.364 e. The molecular weight excluding hydrogens is 425 g/mol. The molecule has 2 fully saturated rings. The topological polar surface area (TPSA) is 89.8 Å². The summed E-state index contributed by atoms with van der Waals surface area (Å²) in [4.78, 5) is 27.0. The van der Waals surface area contributed by atoms with Gasteiger partial charge in [-0.25, -0.2) is 15.0 Å². The lowest BCUT2D eigenvalue weighted by atomic mass is 10.0. The second kappa shape index (κ2) is 7.69. The molecule has 1 saturated heterocycles. The van der Waals surface area contributed by atoms with Crippen LogP contribution in [-0.4, -0.2) is 69.2 Å². The van der Waals surface area contributed by atoms with Crippen molar-refractivity contribution in [2.75, 3.05) is 30.6 Å². The highest BCUT2D eigenvalue weighted by molar-refractivity contribution is 5.99. The van der Waals surface area contributed by atoms with Gasteiger partial charge in [-0.2, -0.15) is 28.4 Å². The average Bonchev–Trinajstić information content (AvgIpc) is 3.49. The van der Waals surface area contributed by atoms with Gasteiger partial charge in [-0.1, -0.05) is 0 Å². The lowest BCUT2D eigenvalue weighted by Crippen LogP contribution is -2.48. The number of pyridine rings is 1. The molecule has 0 spiro atoms. The highest BCUT2D eigenvalue weighted by Crippen LogP contribution is 2.40. The number of hydrazone groups is 1. The predicted octanol–water partition coefficient (Wildman–Crippen LogP) is 2.26. The molecule has 0 aromatic carbocycles. The first-order chi connectivity index (χ1) is 15.3. The summed E-state index contributed by atoms with van der Waals surface area (Å²) in [6.45, 7) is 1.26. The SMILES string of the molecule is CN1CC=NN1c1ncccc1C(=O)N1CC2CC(Nc3cnc(C(F)(F)F)cn3)C1C2. The number of carbonyl (C=O) groups is 1. The van der Waals surface area contributed by atoms with Crippen LogP contribution in [0, 0.1) is 5.92 Å². The Morgan fingerprint density at radius 2 is 2.03 bits per heavy atom. The van der Waals surface area contributed by atoms with E-state index in [0.29, 0.717) is 36.6 Å². The molecule has 5 rings (SSSR count). The first kappa shape index (κ1) is 20.6. The Morgan fingerprint density at radius 3 is 2.69 bits per heavy atom. The third-order valence-corrected chi connectivity index (χ3v) is 6.09. The normalized spacial score (nSPS) is 25.1. The molecule has 2 aliphatic heterocycles. The standard InChI is InChI=1S/C20H21F3N8O/c1-29-6-5-27-31(29)18-13(3-2-4-24-18)19(32)30-11-12-7-14(15(30)8-12)28-17-10-25-16(9-26-17)20(21,22)23/h2-5,9-10,12,14-15H,6-8,11H2,1H3,(H,26,28). The zero-order valence-corrected chi connectivity index (χ0v) is 17.2. The van der Waals surface area contributed by atoms with Crippen LogP contribution in [0.4, 0.5) is 24.8 Å². The van der Waals surface area contributed by atoms with Crippen LogP contribution in [0.3, 0.4) is 0 Å². The van der Waals surface area contributed by atoms with Gasteiger partial charge in [0.15, 0.2) is 11.5 Å². The van der Waals surface area contributed by atoms with Gasteiger partial charge < -0.3 is 10.2 Å². The summed E-state index contributed by atoms with van der Waals surface area (Å²) in [5.74, 6) is 0.908. The van der Waals surface area contributed by atoms with Gasteiger partial charge >= 0.3 is 6.18 Å². The minimum atomic E-state index is -4.53. The maximum Gasteiger partial charge on any atom is 0.434 e. The Kier molecular flexibility index (Phi) is 4.96. The van der Waals surface area contributed by atoms with Gasteiger partial charge in [-0.15, -0.1) is 0 Å². The lowest BCUT2D eigenvalue weighted by Gasteiger charge is -2.34. The summed E-state index contributed by atoms with van der Waals surface area (Å²) >= 11 is 0. The second-order valence-corrected chi connectivity index (χ2v) is 8.20. The van der Waals surface area contributed by atoms with Gasteiger partial charge in [0.2, 0.25) is 0 Å². The number of alkyl halides is 3. The van der Waals surface area contributed by atoms with Crippen molar-refractivity contribution in [2.24, 2.45) is 11.0 Å². The maximum absolute atomic E-state index is 13.5. The Bertz CT molecular complexity index is 1040. The van der Waals surface area contributed by atoms with Crippen LogP contribution in [0.1, 0.15) is 28.9 Å². The van der Waals surface area contributed by atoms with Crippen molar-refractivity contribution in [2.45, 2.75) is 31.1 Å². The van der Waals surface area contributed by atoms with Crippen molar-refractivity contribution in [1.29, 1.82) is 0 Å². The van der Waals surface area contributed by atoms with Gasteiger partial charge in [-0.3, -0.25) is 4.79 Å². The van der Waals surface area contributed by atoms with E-state index >= 15 is 0 Å². The molecule has 3 unspecified atom stereocenters. The number of rotatable bonds is 4. The molecule has 1 N–H and O–H groups in total. The molecule has 3 aliphatic rings. The van der Waals surface area contributed by atoms with Gasteiger partial charge in [0.05, 0.1) is 30.5 Å². The van der Waals surface area contributed by atoms with E-state index in [2.05, 4.69) is 25.4 Å². The summed E-state index contributed by atoms with van der Waals surface area (Å²) in [6.07, 6.45) is 2.28. The smallest absolute Gasteiger partial charge is 0.364 e. The summed E-state index contributed by atoms with van der Waals surface area (Å²) in [7, 11) is 1.86. The summed E-state index contributed by atoms with van der Waals surface area (Å²) in [5.41, 5.74) is -0.578. The number of carbonyl (C=O) groups excluding carboxylic acids is 1. The van der Waals surface area contributed by atoms with E-state index in [1.165, 1.54) is 0 Å². The van der Waals surface area contributed by atoms with E-state index in [1.54, 1.807) is 29.7 Å². The summed E-state index contributed by atoms with van der Waals surface area (Å²) < 4.78 is 38.2. The molecule has 4 heterocycles. The van der Waals surface area contributed by atoms with Crippen LogP contribution in [0.25, 0.3) is 0 Å². The fourth-order valence-corrected chi connectivity index (χ4v) is 4.64. The Labute approximate surface area is 181 Å². The van der Waals surface area contributed by atoms with E-state index in [1.807, 2.05) is 17.0 Å². The molecule has 12 heteroatoms. The number of nitrogens with one attached hydrogen (secondary N) is 1. The van der Waals surface area contributed by atoms with Crippen molar-refractivity contribution in [3.05, 3.63) is 42.0 Å². The zero-order valence-electron chi connectivity index (χ0n) is 17.2. The lowest BCUT2D eigenvalue weighted by molar-refractivity contribution is -0.141. The number of piperidine rings is 1. The molecule has 1 aliphatic carbocycles. The molecule has 9 nitrogen and oxygen atoms in total. The van der Waals surface area contributed by atoms with E-state index < -0.39 is 11.9 Å². The zero-order chi connectivity index (χ0) is 22.5. The van der Waals surface area contributed by atoms with E-state index in [4.69, 9.17) is 0 Å². The number of amides is 1. The third kappa shape index (κ3) is 3.64. The number of hydrogen-bond acceptors (Lipinski definition) is 8. The summed E-state index contributed by atoms with van der Waals surface area (Å²) in [5, 5.41) is 10.9. The quantitative estimate of drug-likeness (QED) is 0.771. The van der Waals surface area contributed by atoms with Crippen molar-refractivity contribution in [3.8, 4) is 0 Å². The molecule has 1 saturated carbocycles. The third-order valence-electron chi connectivity index (χ3n) is 6.09. The van der Waals surface area contributed by atoms with Crippen LogP contribution in [0.15, 0.2) is 35.8 Å². The number of hydrazine groups is 1. The van der Waals surface area contributed by atoms with Gasteiger partial charge in [0, 0.05) is 32.0 Å². The molecule has 32 heavy (non-hydrogen) atoms. The number of likely N-dealkylation sites (tertiary alicyclic amines) is 1. The monoisotopic (exact) mass is 446 g/mol. The van der Waals surface area contributed by atoms with E-state index in [9.17, 15) is 18.0 Å².